The number of rotatable bonds is 4. The Morgan fingerprint density at radius 1 is 1.29 bits per heavy atom. The monoisotopic (exact) mass is 234 g/mol. The van der Waals surface area contributed by atoms with Gasteiger partial charge in [-0.15, -0.1) is 0 Å². The molecule has 1 aromatic carbocycles. The van der Waals surface area contributed by atoms with Gasteiger partial charge in [-0.3, -0.25) is 0 Å². The van der Waals surface area contributed by atoms with Gasteiger partial charge in [-0.2, -0.15) is 0 Å². The van der Waals surface area contributed by atoms with Gasteiger partial charge in [0, 0.05) is 25.2 Å². The van der Waals surface area contributed by atoms with Gasteiger partial charge in [-0.25, -0.2) is 0 Å². The lowest BCUT2D eigenvalue weighted by molar-refractivity contribution is 0.103. The average molecular weight is 234 g/mol. The molecule has 17 heavy (non-hydrogen) atoms. The summed E-state index contributed by atoms with van der Waals surface area (Å²) >= 11 is 0. The van der Waals surface area contributed by atoms with E-state index in [1.165, 1.54) is 0 Å². The summed E-state index contributed by atoms with van der Waals surface area (Å²) in [6.45, 7) is 6.19. The Labute approximate surface area is 104 Å². The second-order valence-corrected chi connectivity index (χ2v) is 4.56. The van der Waals surface area contributed by atoms with Gasteiger partial charge < -0.3 is 15.4 Å². The number of hydrogen-bond donors (Lipinski definition) is 1. The summed E-state index contributed by atoms with van der Waals surface area (Å²) < 4.78 is 6.06. The van der Waals surface area contributed by atoms with Gasteiger partial charge in [0.15, 0.2) is 0 Å². The van der Waals surface area contributed by atoms with Crippen molar-refractivity contribution in [3.63, 3.8) is 0 Å². The Bertz CT molecular complexity index is 346. The predicted octanol–water partition coefficient (Wildman–Crippen LogP) is 2.01. The van der Waals surface area contributed by atoms with E-state index in [1.807, 2.05) is 24.3 Å². The number of hydrogen-bond acceptors (Lipinski definition) is 3. The van der Waals surface area contributed by atoms with E-state index < -0.39 is 0 Å². The maximum atomic E-state index is 6.06. The lowest BCUT2D eigenvalue weighted by Gasteiger charge is -2.31. The zero-order chi connectivity index (χ0) is 12.1. The highest BCUT2D eigenvalue weighted by Gasteiger charge is 2.19. The number of piperidine rings is 1. The van der Waals surface area contributed by atoms with E-state index >= 15 is 0 Å². The normalized spacial score (nSPS) is 18.2. The van der Waals surface area contributed by atoms with E-state index in [0.717, 1.165) is 43.8 Å². The average Bonchev–Trinajstić information content (AvgIpc) is 2.40. The number of likely N-dealkylation sites (tertiary alicyclic amines) is 1. The van der Waals surface area contributed by atoms with Gasteiger partial charge in [0.2, 0.25) is 0 Å². The summed E-state index contributed by atoms with van der Waals surface area (Å²) in [7, 11) is 0. The molecule has 1 fully saturated rings. The number of nitrogens with two attached hydrogens (primary N) is 1. The second kappa shape index (κ2) is 6.03. The number of para-hydroxylation sites is 1. The minimum atomic E-state index is 0.352. The third-order valence-electron chi connectivity index (χ3n) is 3.47. The van der Waals surface area contributed by atoms with Gasteiger partial charge in [0.25, 0.3) is 0 Å². The van der Waals surface area contributed by atoms with Gasteiger partial charge in [-0.05, 0) is 25.5 Å². The van der Waals surface area contributed by atoms with E-state index in [9.17, 15) is 0 Å². The summed E-state index contributed by atoms with van der Waals surface area (Å²) in [5, 5.41) is 0. The van der Waals surface area contributed by atoms with E-state index in [-0.39, 0.29) is 0 Å². The fraction of sp³-hybridized carbons (Fsp3) is 0.571. The quantitative estimate of drug-likeness (QED) is 0.866. The van der Waals surface area contributed by atoms with Crippen LogP contribution in [0, 0.1) is 0 Å². The summed E-state index contributed by atoms with van der Waals surface area (Å²) in [6, 6.07) is 8.08. The number of nitrogens with zero attached hydrogens (tertiary/aromatic N) is 1. The van der Waals surface area contributed by atoms with Crippen LogP contribution in [-0.2, 0) is 6.54 Å². The molecule has 0 aromatic heterocycles. The molecule has 0 bridgehead atoms. The first kappa shape index (κ1) is 12.4. The van der Waals surface area contributed by atoms with E-state index in [1.54, 1.807) is 0 Å². The summed E-state index contributed by atoms with van der Waals surface area (Å²) in [5.74, 6) is 0.963. The van der Waals surface area contributed by atoms with E-state index in [2.05, 4.69) is 11.8 Å². The Kier molecular flexibility index (Phi) is 4.40. The molecule has 1 heterocycles. The molecule has 0 amide bonds. The van der Waals surface area contributed by atoms with Crippen LogP contribution in [0.5, 0.6) is 5.75 Å². The van der Waals surface area contributed by atoms with Crippen LogP contribution >= 0.6 is 0 Å². The molecule has 1 aromatic rings. The lowest BCUT2D eigenvalue weighted by atomic mass is 10.1. The molecule has 0 atom stereocenters. The molecule has 0 spiro atoms. The molecule has 3 heteroatoms. The topological polar surface area (TPSA) is 38.5 Å². The highest BCUT2D eigenvalue weighted by molar-refractivity contribution is 5.33. The Hall–Kier alpha value is -1.06. The molecule has 1 aliphatic rings. The van der Waals surface area contributed by atoms with Crippen LogP contribution in [0.1, 0.15) is 25.3 Å². The van der Waals surface area contributed by atoms with Crippen molar-refractivity contribution in [3.05, 3.63) is 29.8 Å². The van der Waals surface area contributed by atoms with Crippen LogP contribution in [0.15, 0.2) is 24.3 Å². The van der Waals surface area contributed by atoms with Crippen LogP contribution < -0.4 is 10.5 Å². The van der Waals surface area contributed by atoms with E-state index in [4.69, 9.17) is 10.5 Å². The Morgan fingerprint density at radius 3 is 2.65 bits per heavy atom. The minimum Gasteiger partial charge on any atom is -0.490 e. The van der Waals surface area contributed by atoms with Crippen LogP contribution in [0.2, 0.25) is 0 Å². The Morgan fingerprint density at radius 2 is 2.00 bits per heavy atom. The van der Waals surface area contributed by atoms with Crippen molar-refractivity contribution in [2.45, 2.75) is 32.4 Å². The molecule has 1 saturated heterocycles. The van der Waals surface area contributed by atoms with Gasteiger partial charge in [0.05, 0.1) is 0 Å². The SMILES string of the molecule is CCN1CCC(Oc2ccccc2CN)CC1. The lowest BCUT2D eigenvalue weighted by Crippen LogP contribution is -2.38. The standard InChI is InChI=1S/C14H22N2O/c1-2-16-9-7-13(8-10-16)17-14-6-4-3-5-12(14)11-15/h3-6,13H,2,7-11,15H2,1H3. The summed E-state index contributed by atoms with van der Waals surface area (Å²) in [6.07, 6.45) is 2.59. The van der Waals surface area contributed by atoms with Crippen LogP contribution in [0.3, 0.4) is 0 Å². The van der Waals surface area contributed by atoms with Gasteiger partial charge in [-0.1, -0.05) is 25.1 Å². The van der Waals surface area contributed by atoms with Crippen molar-refractivity contribution < 1.29 is 4.74 Å². The molecule has 0 saturated carbocycles. The van der Waals surface area contributed by atoms with Crippen LogP contribution in [0.25, 0.3) is 0 Å². The second-order valence-electron chi connectivity index (χ2n) is 4.56. The number of benzene rings is 1. The zero-order valence-corrected chi connectivity index (χ0v) is 10.6. The Balaban J connectivity index is 1.93. The van der Waals surface area contributed by atoms with Crippen molar-refractivity contribution >= 4 is 0 Å². The maximum Gasteiger partial charge on any atom is 0.124 e. The van der Waals surface area contributed by atoms with Crippen molar-refractivity contribution in [2.24, 2.45) is 5.73 Å². The molecule has 0 radical (unpaired) electrons. The van der Waals surface area contributed by atoms with Crippen molar-refractivity contribution in [2.75, 3.05) is 19.6 Å². The smallest absolute Gasteiger partial charge is 0.124 e. The van der Waals surface area contributed by atoms with Crippen molar-refractivity contribution in [1.82, 2.24) is 4.90 Å². The third-order valence-corrected chi connectivity index (χ3v) is 3.47. The predicted molar refractivity (Wildman–Crippen MR) is 70.1 cm³/mol. The summed E-state index contributed by atoms with van der Waals surface area (Å²) in [4.78, 5) is 2.47. The molecule has 0 aliphatic carbocycles. The zero-order valence-electron chi connectivity index (χ0n) is 10.6. The number of ether oxygens (including phenoxy) is 1. The third kappa shape index (κ3) is 3.20. The molecular formula is C14H22N2O. The minimum absolute atomic E-state index is 0.352. The van der Waals surface area contributed by atoms with E-state index in [0.29, 0.717) is 12.6 Å². The fourth-order valence-corrected chi connectivity index (χ4v) is 2.31. The first-order valence-corrected chi connectivity index (χ1v) is 6.50. The van der Waals surface area contributed by atoms with Gasteiger partial charge >= 0.3 is 0 Å². The van der Waals surface area contributed by atoms with Crippen LogP contribution in [-0.4, -0.2) is 30.6 Å². The molecule has 2 rings (SSSR count). The molecule has 3 nitrogen and oxygen atoms in total. The maximum absolute atomic E-state index is 6.06. The first-order valence-electron chi connectivity index (χ1n) is 6.50. The largest absolute Gasteiger partial charge is 0.490 e. The highest BCUT2D eigenvalue weighted by atomic mass is 16.5. The fourth-order valence-electron chi connectivity index (χ4n) is 2.31. The highest BCUT2D eigenvalue weighted by Crippen LogP contribution is 2.22. The van der Waals surface area contributed by atoms with Crippen molar-refractivity contribution in [3.8, 4) is 5.75 Å². The first-order chi connectivity index (χ1) is 8.33. The molecule has 2 N–H and O–H groups in total. The van der Waals surface area contributed by atoms with Crippen LogP contribution in [0.4, 0.5) is 0 Å². The summed E-state index contributed by atoms with van der Waals surface area (Å²) in [5.41, 5.74) is 6.81. The molecular weight excluding hydrogens is 212 g/mol. The van der Waals surface area contributed by atoms with Crippen molar-refractivity contribution in [1.29, 1.82) is 0 Å². The molecule has 94 valence electrons. The molecule has 1 aliphatic heterocycles. The molecule has 0 unspecified atom stereocenters. The van der Waals surface area contributed by atoms with Gasteiger partial charge in [0.1, 0.15) is 11.9 Å².